The third kappa shape index (κ3) is 3.48. The molecular weight excluding hydrogens is 464 g/mol. The summed E-state index contributed by atoms with van der Waals surface area (Å²) in [6.07, 6.45) is 5.60. The van der Waals surface area contributed by atoms with E-state index in [1.165, 1.54) is 0 Å². The second kappa shape index (κ2) is 7.93. The summed E-state index contributed by atoms with van der Waals surface area (Å²) < 4.78 is 7.56. The van der Waals surface area contributed by atoms with Crippen LogP contribution in [0.5, 0.6) is 0 Å². The van der Waals surface area contributed by atoms with E-state index < -0.39 is 0 Å². The second-order valence-corrected chi connectivity index (χ2v) is 10.4. The molecular formula is C27H25ClN4O3. The molecule has 0 atom stereocenters. The minimum Gasteiger partial charge on any atom is -0.381 e. The maximum absolute atomic E-state index is 13.8. The van der Waals surface area contributed by atoms with E-state index in [-0.39, 0.29) is 17.4 Å². The van der Waals surface area contributed by atoms with Crippen molar-refractivity contribution in [3.8, 4) is 0 Å². The monoisotopic (exact) mass is 488 g/mol. The van der Waals surface area contributed by atoms with Crippen LogP contribution in [0.4, 0.5) is 0 Å². The minimum absolute atomic E-state index is 0.00245. The predicted octanol–water partition coefficient (Wildman–Crippen LogP) is 4.76. The number of H-pyrrole nitrogens is 1. The molecule has 4 heterocycles. The van der Waals surface area contributed by atoms with Crippen molar-refractivity contribution in [2.45, 2.75) is 50.6 Å². The standard InChI is InChI=1S/C27H25ClN4O3/c28-19-4-3-17-13-31(14-18(17)9-19)27(34)21-10-22-23(11-20(21)15-1-2-15)32-24(26(33)30-22)12-29-25(32)16-5-7-35-8-6-16/h3-4,9-12,15-16H,1-2,5-8,13-14H2,(H,30,33). The zero-order valence-corrected chi connectivity index (χ0v) is 20.0. The highest BCUT2D eigenvalue weighted by Crippen LogP contribution is 2.43. The SMILES string of the molecule is O=C(c1cc2[nH]c(=O)c3cnc(C4CCOCC4)n3c2cc1C1CC1)N1Cc2ccc(Cl)cc2C1. The van der Waals surface area contributed by atoms with E-state index in [0.29, 0.717) is 53.8 Å². The molecule has 35 heavy (non-hydrogen) atoms. The maximum atomic E-state index is 13.8. The van der Waals surface area contributed by atoms with Crippen molar-refractivity contribution in [1.29, 1.82) is 0 Å². The molecule has 1 aliphatic carbocycles. The van der Waals surface area contributed by atoms with Gasteiger partial charge in [0.05, 0.1) is 17.2 Å². The smallest absolute Gasteiger partial charge is 0.274 e. The van der Waals surface area contributed by atoms with Crippen molar-refractivity contribution in [2.24, 2.45) is 0 Å². The van der Waals surface area contributed by atoms with Crippen molar-refractivity contribution in [3.05, 3.63) is 80.0 Å². The van der Waals surface area contributed by atoms with Crippen LogP contribution in [0, 0.1) is 0 Å². The molecule has 2 aromatic carbocycles. The number of aromatic amines is 1. The third-order valence-electron chi connectivity index (χ3n) is 7.69. The lowest BCUT2D eigenvalue weighted by Gasteiger charge is -2.22. The number of nitrogens with one attached hydrogen (secondary N) is 1. The van der Waals surface area contributed by atoms with Crippen LogP contribution in [-0.2, 0) is 17.8 Å². The number of aromatic nitrogens is 3. The Morgan fingerprint density at radius 2 is 1.80 bits per heavy atom. The first-order valence-electron chi connectivity index (χ1n) is 12.3. The number of ether oxygens (including phenoxy) is 1. The summed E-state index contributed by atoms with van der Waals surface area (Å²) in [6, 6.07) is 9.82. The number of fused-ring (bicyclic) bond motifs is 4. The van der Waals surface area contributed by atoms with Crippen LogP contribution in [-0.4, -0.2) is 38.4 Å². The van der Waals surface area contributed by atoms with Crippen molar-refractivity contribution >= 4 is 34.1 Å². The molecule has 7 nitrogen and oxygen atoms in total. The fourth-order valence-corrected chi connectivity index (χ4v) is 5.89. The lowest BCUT2D eigenvalue weighted by molar-refractivity contribution is 0.0750. The van der Waals surface area contributed by atoms with Gasteiger partial charge in [-0.3, -0.25) is 14.0 Å². The highest BCUT2D eigenvalue weighted by atomic mass is 35.5. The first-order chi connectivity index (χ1) is 17.1. The number of halogens is 1. The molecule has 0 radical (unpaired) electrons. The first-order valence-corrected chi connectivity index (χ1v) is 12.7. The summed E-state index contributed by atoms with van der Waals surface area (Å²) >= 11 is 6.18. The number of hydrogen-bond donors (Lipinski definition) is 1. The van der Waals surface area contributed by atoms with Crippen LogP contribution in [0.3, 0.4) is 0 Å². The van der Waals surface area contributed by atoms with Crippen LogP contribution in [0.15, 0.2) is 41.3 Å². The van der Waals surface area contributed by atoms with Gasteiger partial charge in [0, 0.05) is 42.8 Å². The zero-order valence-electron chi connectivity index (χ0n) is 19.2. The van der Waals surface area contributed by atoms with E-state index in [9.17, 15) is 9.59 Å². The van der Waals surface area contributed by atoms with E-state index in [1.807, 2.05) is 33.6 Å². The summed E-state index contributed by atoms with van der Waals surface area (Å²) in [5, 5.41) is 0.685. The van der Waals surface area contributed by atoms with Gasteiger partial charge in [-0.05, 0) is 72.6 Å². The molecule has 1 saturated carbocycles. The highest BCUT2D eigenvalue weighted by molar-refractivity contribution is 6.30. The summed E-state index contributed by atoms with van der Waals surface area (Å²) in [5.74, 6) is 1.52. The van der Waals surface area contributed by atoms with Crippen molar-refractivity contribution < 1.29 is 9.53 Å². The van der Waals surface area contributed by atoms with E-state index in [4.69, 9.17) is 16.3 Å². The quantitative estimate of drug-likeness (QED) is 0.451. The van der Waals surface area contributed by atoms with Gasteiger partial charge in [0.15, 0.2) is 0 Å². The molecule has 7 rings (SSSR count). The Balaban J connectivity index is 1.36. The molecule has 1 amide bonds. The average molecular weight is 489 g/mol. The minimum atomic E-state index is -0.191. The Morgan fingerprint density at radius 1 is 1.00 bits per heavy atom. The Bertz CT molecular complexity index is 1560. The first kappa shape index (κ1) is 21.1. The molecule has 2 fully saturated rings. The molecule has 0 spiro atoms. The van der Waals surface area contributed by atoms with Crippen molar-refractivity contribution in [1.82, 2.24) is 19.3 Å². The molecule has 1 saturated heterocycles. The highest BCUT2D eigenvalue weighted by Gasteiger charge is 2.33. The van der Waals surface area contributed by atoms with E-state index in [2.05, 4.69) is 16.0 Å². The number of carbonyl (C=O) groups excluding carboxylic acids is 1. The molecule has 0 bridgehead atoms. The second-order valence-electron chi connectivity index (χ2n) is 9.98. The van der Waals surface area contributed by atoms with Gasteiger partial charge in [0.25, 0.3) is 11.5 Å². The van der Waals surface area contributed by atoms with E-state index in [0.717, 1.165) is 53.7 Å². The molecule has 8 heteroatoms. The average Bonchev–Trinajstić information content (AvgIpc) is 3.47. The lowest BCUT2D eigenvalue weighted by atomic mass is 9.98. The van der Waals surface area contributed by atoms with Crippen LogP contribution in [0.2, 0.25) is 5.02 Å². The van der Waals surface area contributed by atoms with Crippen LogP contribution in [0.25, 0.3) is 16.6 Å². The van der Waals surface area contributed by atoms with Crippen molar-refractivity contribution in [3.63, 3.8) is 0 Å². The van der Waals surface area contributed by atoms with Gasteiger partial charge in [0.2, 0.25) is 0 Å². The van der Waals surface area contributed by atoms with Gasteiger partial charge in [-0.25, -0.2) is 4.98 Å². The molecule has 4 aromatic rings. The van der Waals surface area contributed by atoms with E-state index >= 15 is 0 Å². The maximum Gasteiger partial charge on any atom is 0.274 e. The number of imidazole rings is 1. The van der Waals surface area contributed by atoms with Gasteiger partial charge >= 0.3 is 0 Å². The molecule has 2 aromatic heterocycles. The fraction of sp³-hybridized carbons (Fsp3) is 0.370. The topological polar surface area (TPSA) is 79.7 Å². The number of rotatable bonds is 3. The molecule has 178 valence electrons. The number of amides is 1. The fourth-order valence-electron chi connectivity index (χ4n) is 5.69. The predicted molar refractivity (Wildman–Crippen MR) is 133 cm³/mol. The Labute approximate surface area is 206 Å². The van der Waals surface area contributed by atoms with Crippen LogP contribution >= 0.6 is 11.6 Å². The number of hydrogen-bond acceptors (Lipinski definition) is 4. The Kier molecular flexibility index (Phi) is 4.79. The molecule has 2 aliphatic heterocycles. The largest absolute Gasteiger partial charge is 0.381 e. The summed E-state index contributed by atoms with van der Waals surface area (Å²) in [7, 11) is 0. The van der Waals surface area contributed by atoms with Gasteiger partial charge in [0.1, 0.15) is 11.3 Å². The Hall–Kier alpha value is -3.16. The summed E-state index contributed by atoms with van der Waals surface area (Å²) in [4.78, 5) is 36.3. The Morgan fingerprint density at radius 3 is 2.60 bits per heavy atom. The van der Waals surface area contributed by atoms with Gasteiger partial charge in [-0.2, -0.15) is 0 Å². The number of nitrogens with zero attached hydrogens (tertiary/aromatic N) is 3. The van der Waals surface area contributed by atoms with Crippen LogP contribution < -0.4 is 5.56 Å². The van der Waals surface area contributed by atoms with Gasteiger partial charge in [-0.1, -0.05) is 17.7 Å². The van der Waals surface area contributed by atoms with Gasteiger partial charge in [-0.15, -0.1) is 0 Å². The van der Waals surface area contributed by atoms with E-state index in [1.54, 1.807) is 6.20 Å². The normalized spacial score (nSPS) is 18.5. The summed E-state index contributed by atoms with van der Waals surface area (Å²) in [5.41, 5.74) is 5.91. The lowest BCUT2D eigenvalue weighted by Crippen LogP contribution is -2.26. The molecule has 3 aliphatic rings. The molecule has 1 N–H and O–H groups in total. The number of carbonyl (C=O) groups is 1. The zero-order chi connectivity index (χ0) is 23.7. The summed E-state index contributed by atoms with van der Waals surface area (Å²) in [6.45, 7) is 2.52. The third-order valence-corrected chi connectivity index (χ3v) is 7.93. The number of benzene rings is 2. The molecule has 0 unspecified atom stereocenters. The van der Waals surface area contributed by atoms with Gasteiger partial charge < -0.3 is 14.6 Å². The van der Waals surface area contributed by atoms with Crippen molar-refractivity contribution in [2.75, 3.05) is 13.2 Å². The van der Waals surface area contributed by atoms with Crippen LogP contribution in [0.1, 0.15) is 70.4 Å².